The van der Waals surface area contributed by atoms with Gasteiger partial charge in [-0.2, -0.15) is 11.8 Å². The van der Waals surface area contributed by atoms with E-state index in [1.807, 2.05) is 19.1 Å². The zero-order chi connectivity index (χ0) is 19.8. The summed E-state index contributed by atoms with van der Waals surface area (Å²) in [5.41, 5.74) is 0.366. The van der Waals surface area contributed by atoms with Crippen molar-refractivity contribution in [2.45, 2.75) is 25.0 Å². The summed E-state index contributed by atoms with van der Waals surface area (Å²) in [5.74, 6) is 2.20. The number of morpholine rings is 1. The van der Waals surface area contributed by atoms with E-state index in [0.29, 0.717) is 32.3 Å². The molecule has 2 heterocycles. The first kappa shape index (κ1) is 21.4. The molecule has 8 heteroatoms. The first-order chi connectivity index (χ1) is 13.6. The molecule has 0 radical (unpaired) electrons. The number of guanidine groups is 1. The third kappa shape index (κ3) is 6.07. The van der Waals surface area contributed by atoms with Crippen molar-refractivity contribution >= 4 is 17.7 Å². The van der Waals surface area contributed by atoms with Crippen molar-refractivity contribution in [2.24, 2.45) is 4.99 Å². The molecule has 3 rings (SSSR count). The van der Waals surface area contributed by atoms with Crippen molar-refractivity contribution in [1.29, 1.82) is 0 Å². The summed E-state index contributed by atoms with van der Waals surface area (Å²) in [5, 5.41) is 17.2. The Bertz CT molecular complexity index is 632. The smallest absolute Gasteiger partial charge is 0.191 e. The van der Waals surface area contributed by atoms with Gasteiger partial charge in [0.25, 0.3) is 0 Å². The molecule has 0 saturated carbocycles. The van der Waals surface area contributed by atoms with Crippen LogP contribution in [0.2, 0.25) is 0 Å². The lowest BCUT2D eigenvalue weighted by molar-refractivity contribution is 0.0169. The summed E-state index contributed by atoms with van der Waals surface area (Å²) in [6, 6.07) is 6.81. The molecule has 1 aromatic rings. The lowest BCUT2D eigenvalue weighted by atomic mass is 10.0. The highest BCUT2D eigenvalue weighted by Crippen LogP contribution is 2.28. The van der Waals surface area contributed by atoms with Gasteiger partial charge in [-0.1, -0.05) is 12.1 Å². The van der Waals surface area contributed by atoms with Crippen LogP contribution in [-0.2, 0) is 4.74 Å². The minimum atomic E-state index is -0.701. The van der Waals surface area contributed by atoms with Crippen LogP contribution in [0, 0.1) is 5.82 Å². The van der Waals surface area contributed by atoms with E-state index in [1.165, 1.54) is 12.1 Å². The molecule has 0 spiro atoms. The molecule has 0 amide bonds. The van der Waals surface area contributed by atoms with Crippen molar-refractivity contribution in [1.82, 2.24) is 15.5 Å². The standard InChI is InChI=1S/C20H31FN4O2S/c1-2-22-19(24-14-20(26)7-12-28-15-20)23-13-18(25-8-10-27-11-9-25)16-3-5-17(21)6-4-16/h3-6,18,26H,2,7-15H2,1H3,(H2,22,23,24). The molecule has 0 aliphatic carbocycles. The number of hydrogen-bond acceptors (Lipinski definition) is 5. The lowest BCUT2D eigenvalue weighted by Gasteiger charge is -2.35. The second kappa shape index (κ2) is 10.4. The molecule has 2 saturated heterocycles. The molecule has 0 aromatic heterocycles. The fourth-order valence-corrected chi connectivity index (χ4v) is 4.80. The minimum Gasteiger partial charge on any atom is -0.387 e. The van der Waals surface area contributed by atoms with Crippen LogP contribution in [0.3, 0.4) is 0 Å². The van der Waals surface area contributed by atoms with Gasteiger partial charge in [-0.05, 0) is 36.8 Å². The average molecular weight is 411 g/mol. The molecule has 1 aromatic carbocycles. The Morgan fingerprint density at radius 1 is 1.32 bits per heavy atom. The number of nitrogens with one attached hydrogen (secondary N) is 2. The van der Waals surface area contributed by atoms with Crippen molar-refractivity contribution in [3.8, 4) is 0 Å². The van der Waals surface area contributed by atoms with Crippen LogP contribution < -0.4 is 10.6 Å². The molecular formula is C20H31FN4O2S. The van der Waals surface area contributed by atoms with E-state index < -0.39 is 5.60 Å². The highest BCUT2D eigenvalue weighted by molar-refractivity contribution is 7.99. The summed E-state index contributed by atoms with van der Waals surface area (Å²) in [6.45, 7) is 6.91. The topological polar surface area (TPSA) is 69.1 Å². The Kier molecular flexibility index (Phi) is 7.96. The van der Waals surface area contributed by atoms with E-state index >= 15 is 0 Å². The molecule has 2 fully saturated rings. The number of hydrogen-bond donors (Lipinski definition) is 3. The van der Waals surface area contributed by atoms with Gasteiger partial charge in [0.05, 0.1) is 31.4 Å². The zero-order valence-corrected chi connectivity index (χ0v) is 17.3. The number of aliphatic hydroxyl groups is 1. The maximum absolute atomic E-state index is 13.4. The molecule has 2 aliphatic heterocycles. The van der Waals surface area contributed by atoms with Gasteiger partial charge in [0, 0.05) is 31.9 Å². The Hall–Kier alpha value is -1.35. The van der Waals surface area contributed by atoms with Crippen molar-refractivity contribution in [3.05, 3.63) is 35.6 Å². The van der Waals surface area contributed by atoms with Crippen LogP contribution in [0.4, 0.5) is 4.39 Å². The summed E-state index contributed by atoms with van der Waals surface area (Å²) >= 11 is 1.77. The fraction of sp³-hybridized carbons (Fsp3) is 0.650. The molecule has 2 unspecified atom stereocenters. The summed E-state index contributed by atoms with van der Waals surface area (Å²) in [4.78, 5) is 6.98. The Morgan fingerprint density at radius 3 is 2.71 bits per heavy atom. The van der Waals surface area contributed by atoms with Gasteiger partial charge in [0.15, 0.2) is 5.96 Å². The molecule has 156 valence electrons. The highest BCUT2D eigenvalue weighted by Gasteiger charge is 2.31. The third-order valence-corrected chi connectivity index (χ3v) is 6.40. The Labute approximate surface area is 170 Å². The van der Waals surface area contributed by atoms with Crippen LogP contribution >= 0.6 is 11.8 Å². The van der Waals surface area contributed by atoms with Crippen molar-refractivity contribution < 1.29 is 14.2 Å². The number of thioether (sulfide) groups is 1. The maximum atomic E-state index is 13.4. The number of ether oxygens (including phenoxy) is 1. The van der Waals surface area contributed by atoms with Gasteiger partial charge < -0.3 is 20.5 Å². The normalized spacial score (nSPS) is 24.9. The summed E-state index contributed by atoms with van der Waals surface area (Å²) in [6.07, 6.45) is 0.784. The Morgan fingerprint density at radius 2 is 2.07 bits per heavy atom. The van der Waals surface area contributed by atoms with E-state index in [4.69, 9.17) is 4.74 Å². The zero-order valence-electron chi connectivity index (χ0n) is 16.5. The molecule has 28 heavy (non-hydrogen) atoms. The molecule has 0 bridgehead atoms. The molecule has 3 N–H and O–H groups in total. The van der Waals surface area contributed by atoms with E-state index in [0.717, 1.165) is 43.1 Å². The van der Waals surface area contributed by atoms with E-state index in [9.17, 15) is 9.50 Å². The van der Waals surface area contributed by atoms with Gasteiger partial charge >= 0.3 is 0 Å². The molecule has 2 aliphatic rings. The second-order valence-electron chi connectivity index (χ2n) is 7.32. The predicted octanol–water partition coefficient (Wildman–Crippen LogP) is 1.62. The van der Waals surface area contributed by atoms with Crippen LogP contribution in [-0.4, -0.2) is 79.0 Å². The van der Waals surface area contributed by atoms with Crippen LogP contribution in [0.25, 0.3) is 0 Å². The summed E-state index contributed by atoms with van der Waals surface area (Å²) < 4.78 is 18.9. The number of nitrogens with zero attached hydrogens (tertiary/aromatic N) is 2. The molecule has 6 nitrogen and oxygen atoms in total. The minimum absolute atomic E-state index is 0.0958. The molecular weight excluding hydrogens is 379 g/mol. The number of halogens is 1. The van der Waals surface area contributed by atoms with E-state index in [-0.39, 0.29) is 11.9 Å². The van der Waals surface area contributed by atoms with Gasteiger partial charge in [0.2, 0.25) is 0 Å². The SMILES string of the molecule is CCNC(=NCC1(O)CCSC1)NCC(c1ccc(F)cc1)N1CCOCC1. The fourth-order valence-electron chi connectivity index (χ4n) is 3.51. The molecule has 2 atom stereocenters. The van der Waals surface area contributed by atoms with Gasteiger partial charge in [-0.3, -0.25) is 9.89 Å². The van der Waals surface area contributed by atoms with Crippen LogP contribution in [0.15, 0.2) is 29.3 Å². The van der Waals surface area contributed by atoms with E-state index in [1.54, 1.807) is 11.8 Å². The van der Waals surface area contributed by atoms with E-state index in [2.05, 4.69) is 20.5 Å². The first-order valence-corrected chi connectivity index (χ1v) is 11.1. The lowest BCUT2D eigenvalue weighted by Crippen LogP contribution is -2.46. The van der Waals surface area contributed by atoms with Gasteiger partial charge in [-0.25, -0.2) is 4.39 Å². The van der Waals surface area contributed by atoms with Gasteiger partial charge in [-0.15, -0.1) is 0 Å². The quantitative estimate of drug-likeness (QED) is 0.469. The largest absolute Gasteiger partial charge is 0.387 e. The highest BCUT2D eigenvalue weighted by atomic mass is 32.2. The number of aliphatic imine (C=N–C) groups is 1. The van der Waals surface area contributed by atoms with Crippen molar-refractivity contribution in [3.63, 3.8) is 0 Å². The Balaban J connectivity index is 1.68. The van der Waals surface area contributed by atoms with Gasteiger partial charge in [0.1, 0.15) is 5.82 Å². The first-order valence-electron chi connectivity index (χ1n) is 9.99. The monoisotopic (exact) mass is 410 g/mol. The maximum Gasteiger partial charge on any atom is 0.191 e. The third-order valence-electron chi connectivity index (χ3n) is 5.16. The average Bonchev–Trinajstić information content (AvgIpc) is 3.15. The second-order valence-corrected chi connectivity index (χ2v) is 8.42. The number of benzene rings is 1. The van der Waals surface area contributed by atoms with Crippen LogP contribution in [0.1, 0.15) is 24.9 Å². The van der Waals surface area contributed by atoms with Crippen molar-refractivity contribution in [2.75, 3.05) is 57.4 Å². The van der Waals surface area contributed by atoms with Crippen LogP contribution in [0.5, 0.6) is 0 Å². The summed E-state index contributed by atoms with van der Waals surface area (Å²) in [7, 11) is 0. The number of rotatable bonds is 7. The predicted molar refractivity (Wildman–Crippen MR) is 112 cm³/mol.